The summed E-state index contributed by atoms with van der Waals surface area (Å²) in [6, 6.07) is 0. The van der Waals surface area contributed by atoms with E-state index in [2.05, 4.69) is 27.7 Å². The topological polar surface area (TPSA) is 36.9 Å². The molecular formula is C44H92O4Si. The number of hydrogen-bond acceptors (Lipinski definition) is 4. The van der Waals surface area contributed by atoms with Gasteiger partial charge in [0.2, 0.25) is 0 Å². The molecule has 0 radical (unpaired) electrons. The van der Waals surface area contributed by atoms with Crippen LogP contribution >= 0.6 is 0 Å². The lowest BCUT2D eigenvalue weighted by Gasteiger charge is -2.28. The van der Waals surface area contributed by atoms with Crippen molar-refractivity contribution in [3.63, 3.8) is 0 Å². The van der Waals surface area contributed by atoms with E-state index in [1.807, 2.05) is 0 Å². The first-order valence-corrected chi connectivity index (χ1v) is 24.4. The molecule has 0 aromatic rings. The summed E-state index contributed by atoms with van der Waals surface area (Å²) < 4.78 is 26.4. The van der Waals surface area contributed by atoms with Crippen LogP contribution < -0.4 is 0 Å². The number of unbranched alkanes of at least 4 members (excludes halogenated alkanes) is 32. The van der Waals surface area contributed by atoms with E-state index in [-0.39, 0.29) is 0 Å². The standard InChI is InChI=1S/C44H92O4Si/c1-5-9-13-17-21-25-29-33-37-41-45-49(46-42-38-34-30-26-22-18-14-10-6-2,47-43-39-35-31-27-23-19-15-11-7-3)48-44-40-36-32-28-24-20-16-12-8-4/h5-44H2,1-4H3. The normalized spacial score (nSPS) is 12.0. The summed E-state index contributed by atoms with van der Waals surface area (Å²) in [5.41, 5.74) is 0. The molecule has 0 atom stereocenters. The summed E-state index contributed by atoms with van der Waals surface area (Å²) in [5.74, 6) is 0. The molecule has 0 heterocycles. The van der Waals surface area contributed by atoms with Crippen LogP contribution in [0.5, 0.6) is 0 Å². The van der Waals surface area contributed by atoms with Crippen molar-refractivity contribution in [1.82, 2.24) is 0 Å². The van der Waals surface area contributed by atoms with Crippen LogP contribution in [0.15, 0.2) is 0 Å². The predicted octanol–water partition coefficient (Wildman–Crippen LogP) is 15.6. The van der Waals surface area contributed by atoms with Crippen molar-refractivity contribution in [2.45, 2.75) is 259 Å². The van der Waals surface area contributed by atoms with Gasteiger partial charge in [0.25, 0.3) is 0 Å². The Morgan fingerprint density at radius 3 is 0.510 bits per heavy atom. The van der Waals surface area contributed by atoms with Gasteiger partial charge in [-0.15, -0.1) is 0 Å². The molecular weight excluding hydrogens is 621 g/mol. The van der Waals surface area contributed by atoms with Gasteiger partial charge >= 0.3 is 9.05 Å². The van der Waals surface area contributed by atoms with E-state index >= 15 is 0 Å². The molecule has 0 fully saturated rings. The Kier molecular flexibility index (Phi) is 42.5. The molecule has 0 bridgehead atoms. The SMILES string of the molecule is CCCCCCCCCCCO[Si](OCCCCCCCCCCC)(OCCCCCCCCCCC)OCCCCCCCCCCC. The van der Waals surface area contributed by atoms with Gasteiger partial charge in [0, 0.05) is 26.4 Å². The van der Waals surface area contributed by atoms with E-state index in [1.54, 1.807) is 0 Å². The van der Waals surface area contributed by atoms with Gasteiger partial charge in [-0.2, -0.15) is 0 Å². The molecule has 0 spiro atoms. The Morgan fingerprint density at radius 1 is 0.204 bits per heavy atom. The lowest BCUT2D eigenvalue weighted by atomic mass is 10.1. The average molecular weight is 713 g/mol. The van der Waals surface area contributed by atoms with Gasteiger partial charge in [0.1, 0.15) is 0 Å². The van der Waals surface area contributed by atoms with Crippen LogP contribution in [0.1, 0.15) is 259 Å². The molecule has 49 heavy (non-hydrogen) atoms. The predicted molar refractivity (Wildman–Crippen MR) is 218 cm³/mol. The van der Waals surface area contributed by atoms with Crippen molar-refractivity contribution in [3.8, 4) is 0 Å². The van der Waals surface area contributed by atoms with Crippen molar-refractivity contribution >= 4 is 9.05 Å². The summed E-state index contributed by atoms with van der Waals surface area (Å²) in [7, 11) is -3.16. The molecule has 0 aromatic heterocycles. The first-order valence-electron chi connectivity index (χ1n) is 22.8. The second kappa shape index (κ2) is 42.5. The molecule has 0 N–H and O–H groups in total. The lowest BCUT2D eigenvalue weighted by molar-refractivity contribution is -0.0375. The van der Waals surface area contributed by atoms with E-state index in [9.17, 15) is 0 Å². The molecule has 4 nitrogen and oxygen atoms in total. The zero-order valence-electron chi connectivity index (χ0n) is 34.4. The van der Waals surface area contributed by atoms with E-state index in [4.69, 9.17) is 17.7 Å². The zero-order chi connectivity index (χ0) is 35.6. The molecule has 5 heteroatoms. The minimum Gasteiger partial charge on any atom is -0.351 e. The fourth-order valence-electron chi connectivity index (χ4n) is 6.69. The Bertz CT molecular complexity index is 488. The van der Waals surface area contributed by atoms with Crippen molar-refractivity contribution < 1.29 is 17.7 Å². The van der Waals surface area contributed by atoms with Crippen LogP contribution in [-0.4, -0.2) is 35.5 Å². The highest BCUT2D eigenvalue weighted by molar-refractivity contribution is 6.53. The molecule has 0 amide bonds. The fraction of sp³-hybridized carbons (Fsp3) is 1.00. The Hall–Kier alpha value is 0.0569. The monoisotopic (exact) mass is 713 g/mol. The van der Waals surface area contributed by atoms with Crippen molar-refractivity contribution in [2.24, 2.45) is 0 Å². The maximum absolute atomic E-state index is 6.61. The quantitative estimate of drug-likeness (QED) is 0.0465. The second-order valence-corrected chi connectivity index (χ2v) is 17.4. The van der Waals surface area contributed by atoms with Crippen LogP contribution in [0.3, 0.4) is 0 Å². The van der Waals surface area contributed by atoms with Crippen LogP contribution in [0, 0.1) is 0 Å². The molecule has 0 aromatic carbocycles. The first-order chi connectivity index (χ1) is 24.2. The van der Waals surface area contributed by atoms with Crippen LogP contribution in [-0.2, 0) is 17.7 Å². The summed E-state index contributed by atoms with van der Waals surface area (Å²) in [4.78, 5) is 0. The van der Waals surface area contributed by atoms with Gasteiger partial charge in [-0.1, -0.05) is 233 Å². The van der Waals surface area contributed by atoms with Crippen LogP contribution in [0.2, 0.25) is 0 Å². The molecule has 0 aliphatic heterocycles. The van der Waals surface area contributed by atoms with Crippen LogP contribution in [0.4, 0.5) is 0 Å². The van der Waals surface area contributed by atoms with Crippen LogP contribution in [0.25, 0.3) is 0 Å². The van der Waals surface area contributed by atoms with Crippen molar-refractivity contribution in [1.29, 1.82) is 0 Å². The maximum Gasteiger partial charge on any atom is 0.679 e. The van der Waals surface area contributed by atoms with E-state index < -0.39 is 9.05 Å². The molecule has 0 unspecified atom stereocenters. The molecule has 296 valence electrons. The van der Waals surface area contributed by atoms with Crippen molar-refractivity contribution in [2.75, 3.05) is 26.4 Å². The summed E-state index contributed by atoms with van der Waals surface area (Å²) in [6.45, 7) is 12.0. The van der Waals surface area contributed by atoms with Gasteiger partial charge in [0.15, 0.2) is 0 Å². The average Bonchev–Trinajstić information content (AvgIpc) is 3.11. The fourth-order valence-corrected chi connectivity index (χ4v) is 8.77. The summed E-state index contributed by atoms with van der Waals surface area (Å²) >= 11 is 0. The van der Waals surface area contributed by atoms with E-state index in [1.165, 1.54) is 205 Å². The second-order valence-electron chi connectivity index (χ2n) is 15.2. The Morgan fingerprint density at radius 2 is 0.347 bits per heavy atom. The summed E-state index contributed by atoms with van der Waals surface area (Å²) in [6.07, 6.45) is 47.4. The number of rotatable bonds is 44. The zero-order valence-corrected chi connectivity index (χ0v) is 35.4. The summed E-state index contributed by atoms with van der Waals surface area (Å²) in [5, 5.41) is 0. The highest BCUT2D eigenvalue weighted by atomic mass is 28.4. The molecule has 0 aliphatic rings. The Balaban J connectivity index is 4.87. The maximum atomic E-state index is 6.61. The number of hydrogen-bond donors (Lipinski definition) is 0. The smallest absolute Gasteiger partial charge is 0.351 e. The highest BCUT2D eigenvalue weighted by Crippen LogP contribution is 2.19. The van der Waals surface area contributed by atoms with Gasteiger partial charge < -0.3 is 17.7 Å². The Labute approximate surface area is 311 Å². The van der Waals surface area contributed by atoms with Crippen molar-refractivity contribution in [3.05, 3.63) is 0 Å². The molecule has 0 saturated heterocycles. The first kappa shape index (κ1) is 49.1. The lowest BCUT2D eigenvalue weighted by Crippen LogP contribution is -2.50. The third-order valence-corrected chi connectivity index (χ3v) is 12.3. The third kappa shape index (κ3) is 37.6. The van der Waals surface area contributed by atoms with Gasteiger partial charge in [0.05, 0.1) is 0 Å². The third-order valence-electron chi connectivity index (χ3n) is 10.1. The largest absolute Gasteiger partial charge is 0.679 e. The van der Waals surface area contributed by atoms with Gasteiger partial charge in [-0.3, -0.25) is 0 Å². The van der Waals surface area contributed by atoms with E-state index in [0.29, 0.717) is 26.4 Å². The van der Waals surface area contributed by atoms with Gasteiger partial charge in [-0.05, 0) is 25.7 Å². The minimum atomic E-state index is -3.16. The highest BCUT2D eigenvalue weighted by Gasteiger charge is 2.45. The molecule has 0 saturated carbocycles. The molecule has 0 aliphatic carbocycles. The minimum absolute atomic E-state index is 0.704. The van der Waals surface area contributed by atoms with E-state index in [0.717, 1.165) is 25.7 Å². The molecule has 0 rings (SSSR count). The van der Waals surface area contributed by atoms with Gasteiger partial charge in [-0.25, -0.2) is 0 Å².